The van der Waals surface area contributed by atoms with Crippen molar-refractivity contribution in [3.05, 3.63) is 142 Å². The third-order valence-electron chi connectivity index (χ3n) is 4.95. The van der Waals surface area contributed by atoms with E-state index in [-0.39, 0.29) is 204 Å². The second-order valence-electron chi connectivity index (χ2n) is 16.8. The van der Waals surface area contributed by atoms with E-state index in [0.29, 0.717) is 0 Å². The molecule has 0 spiro atoms. The van der Waals surface area contributed by atoms with Crippen molar-refractivity contribution in [2.45, 2.75) is 166 Å². The molecule has 0 radical (unpaired) electrons. The third-order valence-corrected chi connectivity index (χ3v) is 4.95. The van der Waals surface area contributed by atoms with Gasteiger partial charge in [0.2, 0.25) is 0 Å². The Kier molecular flexibility index (Phi) is 116. The normalized spacial score (nSPS) is 10.9. The monoisotopic (exact) mass is 1430 g/mol. The molecule has 0 fully saturated rings. The van der Waals surface area contributed by atoms with Gasteiger partial charge in [-0.1, -0.05) is 0 Å². The Bertz CT molecular complexity index is 1810. The summed E-state index contributed by atoms with van der Waals surface area (Å²) in [6, 6.07) is 0. The molecule has 88 heavy (non-hydrogen) atoms. The Labute approximate surface area is 559 Å². The first kappa shape index (κ1) is 122. The van der Waals surface area contributed by atoms with Crippen LogP contribution < -0.4 is 0 Å². The van der Waals surface area contributed by atoms with Gasteiger partial charge < -0.3 is 61.3 Å². The van der Waals surface area contributed by atoms with E-state index in [1.807, 2.05) is 0 Å². The molecule has 0 aromatic carbocycles. The van der Waals surface area contributed by atoms with Crippen molar-refractivity contribution < 1.29 is 185 Å². The zero-order valence-electron chi connectivity index (χ0n) is 54.5. The molecule has 520 valence electrons. The van der Waals surface area contributed by atoms with Crippen LogP contribution >= 0.6 is 0 Å². The standard InChI is InChI=1S/12C5H8O2.4Ni/c12*1-4(6)3-5(2)7;;;;/h12*3,6H,1-2H3;;;;/b3*4-3+;9*4-3-;;;;. The van der Waals surface area contributed by atoms with Crippen LogP contribution in [0.3, 0.4) is 0 Å². The van der Waals surface area contributed by atoms with Gasteiger partial charge in [0.25, 0.3) is 0 Å². The van der Waals surface area contributed by atoms with E-state index in [1.165, 1.54) is 239 Å². The number of hydrogen-bond acceptors (Lipinski definition) is 24. The molecule has 0 atom stereocenters. The van der Waals surface area contributed by atoms with Crippen LogP contribution in [0.25, 0.3) is 0 Å². The van der Waals surface area contributed by atoms with Gasteiger partial charge in [0.1, 0.15) is 0 Å². The van der Waals surface area contributed by atoms with E-state index in [4.69, 9.17) is 61.3 Å². The third kappa shape index (κ3) is 287. The molecule has 0 rings (SSSR count). The SMILES string of the molecule is CC(=O)/C=C(/C)O.CC(=O)/C=C(/C)O.CC(=O)/C=C(/C)O.CC(=O)/C=C(/C)O.CC(=O)/C=C(/C)O.CC(=O)/C=C(/C)O.CC(=O)/C=C(/C)O.CC(=O)/C=C(/C)O.CC(=O)/C=C(/C)O.CC(=O)/C=C(\C)O.CC(=O)/C=C(\C)O.CC(=O)/C=C(\C)O.[Ni].[Ni].[Ni].[Ni]. The predicted molar refractivity (Wildman–Crippen MR) is 325 cm³/mol. The van der Waals surface area contributed by atoms with Crippen molar-refractivity contribution in [2.75, 3.05) is 0 Å². The second kappa shape index (κ2) is 83.7. The average molecular weight is 1440 g/mol. The van der Waals surface area contributed by atoms with Gasteiger partial charge in [-0.3, -0.25) is 57.5 Å². The number of hydrogen-bond donors (Lipinski definition) is 12. The molecule has 12 N–H and O–H groups in total. The molecule has 0 aromatic heterocycles. The van der Waals surface area contributed by atoms with Crippen molar-refractivity contribution >= 4 is 69.4 Å². The van der Waals surface area contributed by atoms with Crippen LogP contribution in [0, 0.1) is 0 Å². The maximum atomic E-state index is 10.0. The summed E-state index contributed by atoms with van der Waals surface area (Å²) in [5.74, 6) is -0.750. The predicted octanol–water partition coefficient (Wildman–Crippen LogP) is 12.4. The molecule has 0 aliphatic heterocycles. The van der Waals surface area contributed by atoms with Crippen LogP contribution in [0.2, 0.25) is 0 Å². The maximum Gasteiger partial charge on any atom is 0.155 e. The fraction of sp³-hybridized carbons (Fsp3) is 0.400. The van der Waals surface area contributed by atoms with E-state index < -0.39 is 0 Å². The largest absolute Gasteiger partial charge is 0.512 e. The zero-order valence-corrected chi connectivity index (χ0v) is 58.4. The topological polar surface area (TPSA) is 448 Å². The molecule has 0 aliphatic carbocycles. The van der Waals surface area contributed by atoms with Gasteiger partial charge in [-0.2, -0.15) is 0 Å². The first-order chi connectivity index (χ1) is 37.5. The summed E-state index contributed by atoms with van der Waals surface area (Å²) >= 11 is 0. The number of ketones is 12. The summed E-state index contributed by atoms with van der Waals surface area (Å²) < 4.78 is 0. The zero-order chi connectivity index (χ0) is 70.3. The Morgan fingerprint density at radius 2 is 0.170 bits per heavy atom. The fourth-order valence-corrected chi connectivity index (χ4v) is 3.53. The first-order valence-electron chi connectivity index (χ1n) is 24.1. The molecule has 0 heterocycles. The fourth-order valence-electron chi connectivity index (χ4n) is 3.53. The van der Waals surface area contributed by atoms with Crippen LogP contribution in [-0.2, 0) is 124 Å². The molecular formula is C60H96Ni4O24. The Morgan fingerprint density at radius 3 is 0.170 bits per heavy atom. The van der Waals surface area contributed by atoms with Gasteiger partial charge in [-0.25, -0.2) is 0 Å². The van der Waals surface area contributed by atoms with Crippen LogP contribution in [0.4, 0.5) is 0 Å². The summed E-state index contributed by atoms with van der Waals surface area (Å²) in [6.45, 7) is 34.2. The molecular weight excluding hydrogens is 1340 g/mol. The van der Waals surface area contributed by atoms with Crippen molar-refractivity contribution in [1.82, 2.24) is 0 Å². The minimum absolute atomic E-state index is 0. The molecule has 0 unspecified atom stereocenters. The summed E-state index contributed by atoms with van der Waals surface area (Å²) in [4.78, 5) is 120. The summed E-state index contributed by atoms with van der Waals surface area (Å²) in [7, 11) is 0. The molecule has 0 bridgehead atoms. The number of aliphatic hydroxyl groups excluding tert-OH is 12. The first-order valence-corrected chi connectivity index (χ1v) is 24.1. The molecule has 0 amide bonds. The average Bonchev–Trinajstić information content (AvgIpc) is 3.14. The Hall–Kier alpha value is -7.51. The van der Waals surface area contributed by atoms with Crippen LogP contribution in [0.15, 0.2) is 142 Å². The number of carbonyl (C=O) groups excluding carboxylic acids is 12. The van der Waals surface area contributed by atoms with Gasteiger partial charge in [-0.15, -0.1) is 0 Å². The molecule has 24 nitrogen and oxygen atoms in total. The molecule has 0 aromatic rings. The summed E-state index contributed by atoms with van der Waals surface area (Å²) in [5.41, 5.74) is 0. The number of aliphatic hydroxyl groups is 12. The van der Waals surface area contributed by atoms with Crippen LogP contribution in [0.5, 0.6) is 0 Å². The van der Waals surface area contributed by atoms with E-state index in [9.17, 15) is 57.5 Å². The van der Waals surface area contributed by atoms with Crippen molar-refractivity contribution in [2.24, 2.45) is 0 Å². The smallest absolute Gasteiger partial charge is 0.155 e. The second-order valence-corrected chi connectivity index (χ2v) is 16.8. The number of rotatable bonds is 12. The van der Waals surface area contributed by atoms with Crippen molar-refractivity contribution in [3.63, 3.8) is 0 Å². The van der Waals surface area contributed by atoms with Crippen molar-refractivity contribution in [3.8, 4) is 0 Å². The van der Waals surface area contributed by atoms with E-state index in [0.717, 1.165) is 0 Å². The van der Waals surface area contributed by atoms with Gasteiger partial charge in [-0.05, 0) is 166 Å². The number of allylic oxidation sites excluding steroid dienone is 24. The number of carbonyl (C=O) groups is 12. The van der Waals surface area contributed by atoms with Gasteiger partial charge in [0.05, 0.1) is 69.1 Å². The molecule has 0 aliphatic rings. The van der Waals surface area contributed by atoms with E-state index >= 15 is 0 Å². The maximum absolute atomic E-state index is 10.0. The summed E-state index contributed by atoms with van der Waals surface area (Å²) in [5, 5.41) is 100. The van der Waals surface area contributed by atoms with E-state index in [1.54, 1.807) is 0 Å². The Balaban J connectivity index is -0.0000000457. The Morgan fingerprint density at radius 1 is 0.136 bits per heavy atom. The van der Waals surface area contributed by atoms with Crippen LogP contribution in [0.1, 0.15) is 166 Å². The molecule has 0 saturated carbocycles. The van der Waals surface area contributed by atoms with Crippen LogP contribution in [-0.4, -0.2) is 131 Å². The molecule has 0 saturated heterocycles. The summed E-state index contributed by atoms with van der Waals surface area (Å²) in [6.07, 6.45) is 14.0. The quantitative estimate of drug-likeness (QED) is 0.0490. The van der Waals surface area contributed by atoms with Gasteiger partial charge in [0.15, 0.2) is 69.4 Å². The van der Waals surface area contributed by atoms with Gasteiger partial charge in [0, 0.05) is 139 Å². The molecule has 28 heteroatoms. The van der Waals surface area contributed by atoms with Gasteiger partial charge >= 0.3 is 0 Å². The van der Waals surface area contributed by atoms with E-state index in [2.05, 4.69) is 0 Å². The minimum Gasteiger partial charge on any atom is -0.512 e. The van der Waals surface area contributed by atoms with Crippen molar-refractivity contribution in [1.29, 1.82) is 0 Å². The minimum atomic E-state index is -0.125.